The van der Waals surface area contributed by atoms with Crippen molar-refractivity contribution in [1.82, 2.24) is 10.2 Å². The van der Waals surface area contributed by atoms with E-state index < -0.39 is 40.3 Å². The minimum absolute atomic E-state index is 0.0181. The predicted octanol–water partition coefficient (Wildman–Crippen LogP) is 4.65. The number of amides is 2. The van der Waals surface area contributed by atoms with E-state index in [4.69, 9.17) is 0 Å². The minimum Gasteiger partial charge on any atom is -0.352 e. The summed E-state index contributed by atoms with van der Waals surface area (Å²) in [6.07, 6.45) is 0.138. The molecule has 1 fully saturated rings. The third-order valence-corrected chi connectivity index (χ3v) is 7.97. The van der Waals surface area contributed by atoms with Gasteiger partial charge < -0.3 is 10.2 Å². The first kappa shape index (κ1) is 29.5. The molecule has 3 rings (SSSR count). The molecule has 0 radical (unpaired) electrons. The highest BCUT2D eigenvalue weighted by atomic mass is 32.2. The van der Waals surface area contributed by atoms with Crippen LogP contribution in [-0.2, 0) is 32.3 Å². The van der Waals surface area contributed by atoms with Gasteiger partial charge in [0.05, 0.1) is 17.5 Å². The Bertz CT molecular complexity index is 1240. The minimum atomic E-state index is -4.69. The molecule has 0 saturated heterocycles. The number of hydrogen-bond donors (Lipinski definition) is 1. The highest BCUT2D eigenvalue weighted by molar-refractivity contribution is 7.92. The van der Waals surface area contributed by atoms with E-state index >= 15 is 0 Å². The highest BCUT2D eigenvalue weighted by Crippen LogP contribution is 2.32. The lowest BCUT2D eigenvalue weighted by atomic mass is 10.1. The molecule has 208 valence electrons. The van der Waals surface area contributed by atoms with E-state index in [-0.39, 0.29) is 30.6 Å². The molecule has 0 bridgehead atoms. The van der Waals surface area contributed by atoms with Crippen molar-refractivity contribution in [1.29, 1.82) is 0 Å². The van der Waals surface area contributed by atoms with E-state index in [2.05, 4.69) is 5.32 Å². The first-order valence-electron chi connectivity index (χ1n) is 12.6. The van der Waals surface area contributed by atoms with Crippen molar-refractivity contribution in [3.8, 4) is 0 Å². The summed E-state index contributed by atoms with van der Waals surface area (Å²) < 4.78 is 65.9. The molecule has 1 saturated carbocycles. The maximum absolute atomic E-state index is 13.7. The van der Waals surface area contributed by atoms with Crippen LogP contribution >= 0.6 is 0 Å². The highest BCUT2D eigenvalue weighted by Gasteiger charge is 2.35. The van der Waals surface area contributed by atoms with Crippen LogP contribution in [0.5, 0.6) is 0 Å². The maximum Gasteiger partial charge on any atom is 0.416 e. The molecular weight excluding hydrogens is 519 g/mol. The van der Waals surface area contributed by atoms with Crippen molar-refractivity contribution in [2.75, 3.05) is 17.1 Å². The molecule has 0 spiro atoms. The van der Waals surface area contributed by atoms with E-state index in [1.807, 2.05) is 25.1 Å². The van der Waals surface area contributed by atoms with Crippen molar-refractivity contribution in [3.63, 3.8) is 0 Å². The first-order valence-corrected chi connectivity index (χ1v) is 14.5. The van der Waals surface area contributed by atoms with Crippen molar-refractivity contribution < 1.29 is 31.2 Å². The van der Waals surface area contributed by atoms with Crippen LogP contribution in [0.2, 0.25) is 0 Å². The molecular formula is C27H34F3N3O4S. The molecule has 2 amide bonds. The number of halogens is 3. The Kier molecular flexibility index (Phi) is 9.45. The van der Waals surface area contributed by atoms with Gasteiger partial charge in [-0.25, -0.2) is 8.42 Å². The standard InChI is InChI=1S/C27H34F3N3O4S/c1-4-24(26(35)31-22-13-7-8-14-22)32(17-20-11-6-5-10-19(20)2)25(34)18-33(38(3,36)37)23-15-9-12-21(16-23)27(28,29)30/h5-6,9-12,15-16,22,24H,4,7-8,13-14,17-18H2,1-3H3,(H,31,35). The van der Waals surface area contributed by atoms with Crippen LogP contribution in [0.3, 0.4) is 0 Å². The normalized spacial score (nSPS) is 15.2. The first-order chi connectivity index (χ1) is 17.8. The van der Waals surface area contributed by atoms with Gasteiger partial charge in [-0.05, 0) is 55.5 Å². The van der Waals surface area contributed by atoms with Gasteiger partial charge in [0, 0.05) is 12.6 Å². The van der Waals surface area contributed by atoms with Crippen LogP contribution in [0.25, 0.3) is 0 Å². The molecule has 2 aromatic rings. The quantitative estimate of drug-likeness (QED) is 0.464. The summed E-state index contributed by atoms with van der Waals surface area (Å²) in [5.41, 5.74) is 0.345. The lowest BCUT2D eigenvalue weighted by Gasteiger charge is -2.33. The van der Waals surface area contributed by atoms with Gasteiger partial charge in [-0.3, -0.25) is 13.9 Å². The molecule has 1 aliphatic rings. The molecule has 7 nitrogen and oxygen atoms in total. The molecule has 2 aromatic carbocycles. The van der Waals surface area contributed by atoms with E-state index in [0.29, 0.717) is 10.4 Å². The van der Waals surface area contributed by atoms with Crippen molar-refractivity contribution in [2.45, 2.75) is 70.8 Å². The van der Waals surface area contributed by atoms with Gasteiger partial charge in [-0.15, -0.1) is 0 Å². The molecule has 0 aliphatic heterocycles. The van der Waals surface area contributed by atoms with E-state index in [1.165, 1.54) is 11.0 Å². The molecule has 1 atom stereocenters. The van der Waals surface area contributed by atoms with Gasteiger partial charge in [-0.2, -0.15) is 13.2 Å². The van der Waals surface area contributed by atoms with Crippen LogP contribution in [0.1, 0.15) is 55.7 Å². The van der Waals surface area contributed by atoms with Crippen LogP contribution in [0.4, 0.5) is 18.9 Å². The average molecular weight is 554 g/mol. The maximum atomic E-state index is 13.7. The third kappa shape index (κ3) is 7.49. The number of sulfonamides is 1. The Morgan fingerprint density at radius 3 is 2.32 bits per heavy atom. The summed E-state index contributed by atoms with van der Waals surface area (Å²) in [6.45, 7) is 2.92. The summed E-state index contributed by atoms with van der Waals surface area (Å²) in [4.78, 5) is 28.4. The number of nitrogens with zero attached hydrogens (tertiary/aromatic N) is 2. The number of carbonyl (C=O) groups excluding carboxylic acids is 2. The number of anilines is 1. The Labute approximate surface area is 222 Å². The topological polar surface area (TPSA) is 86.8 Å². The summed E-state index contributed by atoms with van der Waals surface area (Å²) in [6, 6.07) is 10.3. The Hall–Kier alpha value is -3.08. The van der Waals surface area contributed by atoms with Gasteiger partial charge in [0.15, 0.2) is 0 Å². The lowest BCUT2D eigenvalue weighted by Crippen LogP contribution is -2.53. The zero-order valence-electron chi connectivity index (χ0n) is 21.8. The Morgan fingerprint density at radius 1 is 1.08 bits per heavy atom. The second-order valence-corrected chi connectivity index (χ2v) is 11.6. The lowest BCUT2D eigenvalue weighted by molar-refractivity contribution is -0.140. The largest absolute Gasteiger partial charge is 0.416 e. The second kappa shape index (κ2) is 12.2. The third-order valence-electron chi connectivity index (χ3n) is 6.83. The van der Waals surface area contributed by atoms with Crippen LogP contribution in [-0.4, -0.2) is 50.0 Å². The fourth-order valence-electron chi connectivity index (χ4n) is 4.71. The van der Waals surface area contributed by atoms with Gasteiger partial charge in [-0.1, -0.05) is 50.1 Å². The summed E-state index contributed by atoms with van der Waals surface area (Å²) in [5, 5.41) is 3.02. The second-order valence-electron chi connectivity index (χ2n) is 9.68. The van der Waals surface area contributed by atoms with Gasteiger partial charge in [0.1, 0.15) is 12.6 Å². The Balaban J connectivity index is 1.96. The SMILES string of the molecule is CCC(C(=O)NC1CCCC1)N(Cc1ccccc1C)C(=O)CN(c1cccc(C(F)(F)F)c1)S(C)(=O)=O. The molecule has 1 aliphatic carbocycles. The number of rotatable bonds is 10. The molecule has 1 N–H and O–H groups in total. The predicted molar refractivity (Wildman–Crippen MR) is 140 cm³/mol. The zero-order chi connectivity index (χ0) is 28.1. The van der Waals surface area contributed by atoms with Gasteiger partial charge in [0.25, 0.3) is 0 Å². The number of aryl methyl sites for hydroxylation is 1. The van der Waals surface area contributed by atoms with E-state index in [9.17, 15) is 31.2 Å². The molecule has 38 heavy (non-hydrogen) atoms. The van der Waals surface area contributed by atoms with Crippen LogP contribution in [0, 0.1) is 6.92 Å². The molecule has 0 aromatic heterocycles. The van der Waals surface area contributed by atoms with Gasteiger partial charge in [0.2, 0.25) is 21.8 Å². The number of nitrogens with one attached hydrogen (secondary N) is 1. The Morgan fingerprint density at radius 2 is 1.74 bits per heavy atom. The molecule has 1 unspecified atom stereocenters. The number of carbonyl (C=O) groups is 2. The smallest absolute Gasteiger partial charge is 0.352 e. The number of hydrogen-bond acceptors (Lipinski definition) is 4. The van der Waals surface area contributed by atoms with Crippen molar-refractivity contribution in [3.05, 3.63) is 65.2 Å². The zero-order valence-corrected chi connectivity index (χ0v) is 22.6. The fraction of sp³-hybridized carbons (Fsp3) is 0.481. The summed E-state index contributed by atoms with van der Waals surface area (Å²) in [5.74, 6) is -1.02. The van der Waals surface area contributed by atoms with Crippen molar-refractivity contribution >= 4 is 27.5 Å². The monoisotopic (exact) mass is 553 g/mol. The number of alkyl halides is 3. The summed E-state index contributed by atoms with van der Waals surface area (Å²) >= 11 is 0. The van der Waals surface area contributed by atoms with Crippen molar-refractivity contribution in [2.24, 2.45) is 0 Å². The fourth-order valence-corrected chi connectivity index (χ4v) is 5.55. The van der Waals surface area contributed by atoms with Crippen LogP contribution < -0.4 is 9.62 Å². The van der Waals surface area contributed by atoms with E-state index in [1.54, 1.807) is 13.0 Å². The summed E-state index contributed by atoms with van der Waals surface area (Å²) in [7, 11) is -4.14. The number of benzene rings is 2. The molecule has 11 heteroatoms. The van der Waals surface area contributed by atoms with E-state index in [0.717, 1.165) is 55.2 Å². The molecule has 0 heterocycles. The average Bonchev–Trinajstić information content (AvgIpc) is 3.35. The van der Waals surface area contributed by atoms with Crippen LogP contribution in [0.15, 0.2) is 48.5 Å². The van der Waals surface area contributed by atoms with Gasteiger partial charge >= 0.3 is 6.18 Å².